The summed E-state index contributed by atoms with van der Waals surface area (Å²) in [7, 11) is 0. The third-order valence-corrected chi connectivity index (χ3v) is 6.28. The number of hydrogen-bond donors (Lipinski definition) is 1. The maximum Gasteiger partial charge on any atom is 0.410 e. The molecule has 2 aromatic rings. The first-order valence-electron chi connectivity index (χ1n) is 10.7. The second kappa shape index (κ2) is 8.26. The number of aromatic nitrogens is 2. The first-order chi connectivity index (χ1) is 15.0. The lowest BCUT2D eigenvalue weighted by Gasteiger charge is -2.27. The van der Waals surface area contributed by atoms with Crippen LogP contribution in [-0.2, 0) is 4.74 Å². The van der Waals surface area contributed by atoms with Crippen LogP contribution in [-0.4, -0.2) is 45.9 Å². The molecule has 1 aromatic heterocycles. The summed E-state index contributed by atoms with van der Waals surface area (Å²) in [5.41, 5.74) is -0.737. The van der Waals surface area contributed by atoms with Crippen molar-refractivity contribution >= 4 is 11.9 Å². The van der Waals surface area contributed by atoms with Gasteiger partial charge in [-0.2, -0.15) is 0 Å². The van der Waals surface area contributed by atoms with Gasteiger partial charge < -0.3 is 15.0 Å². The van der Waals surface area contributed by atoms with E-state index in [0.717, 1.165) is 12.5 Å². The fraction of sp³-hybridized carbons (Fsp3) is 0.522. The molecule has 1 aliphatic heterocycles. The summed E-state index contributed by atoms with van der Waals surface area (Å²) in [6, 6.07) is 4.64. The fourth-order valence-corrected chi connectivity index (χ4v) is 4.73. The molecule has 1 N–H and O–H groups in total. The zero-order valence-corrected chi connectivity index (χ0v) is 18.5. The molecule has 1 amide bonds. The van der Waals surface area contributed by atoms with Crippen molar-refractivity contribution in [2.75, 3.05) is 18.4 Å². The summed E-state index contributed by atoms with van der Waals surface area (Å²) in [5.74, 6) is -1.78. The number of likely N-dealkylation sites (tertiary alicyclic amines) is 1. The molecule has 32 heavy (non-hydrogen) atoms. The van der Waals surface area contributed by atoms with Crippen molar-refractivity contribution in [3.05, 3.63) is 41.7 Å². The molecule has 1 saturated carbocycles. The lowest BCUT2D eigenvalue weighted by molar-refractivity contribution is 0.0276. The van der Waals surface area contributed by atoms with Crippen LogP contribution < -0.4 is 5.32 Å². The van der Waals surface area contributed by atoms with Crippen LogP contribution in [0.3, 0.4) is 0 Å². The van der Waals surface area contributed by atoms with Gasteiger partial charge in [0.25, 0.3) is 0 Å². The fourth-order valence-electron chi connectivity index (χ4n) is 4.73. The Hall–Kier alpha value is -2.84. The maximum atomic E-state index is 14.0. The molecule has 1 aromatic carbocycles. The normalized spacial score (nSPS) is 25.0. The van der Waals surface area contributed by atoms with Crippen molar-refractivity contribution in [3.8, 4) is 11.3 Å². The first-order valence-corrected chi connectivity index (χ1v) is 10.7. The number of nitrogens with one attached hydrogen (secondary N) is 1. The van der Waals surface area contributed by atoms with Crippen molar-refractivity contribution in [1.82, 2.24) is 15.1 Å². The standard InChI is InChI=1S/C23H27F3N4O2/c1-12-16-11-30(22(31)32-23(2,3)4)10-13(16)7-19(12)27-20-6-5-18(28-29-20)15-8-14(24)9-17(25)21(15)26/h5-6,8-9,12-13,16,19H,7,10-11H2,1-4H3,(H,27,29)/t12-,13-,16-,19+/m1/s1. The topological polar surface area (TPSA) is 67.3 Å². The summed E-state index contributed by atoms with van der Waals surface area (Å²) in [4.78, 5) is 14.2. The minimum Gasteiger partial charge on any atom is -0.444 e. The zero-order valence-electron chi connectivity index (χ0n) is 18.5. The van der Waals surface area contributed by atoms with Gasteiger partial charge in [-0.3, -0.25) is 0 Å². The van der Waals surface area contributed by atoms with Crippen LogP contribution in [0, 0.1) is 35.2 Å². The van der Waals surface area contributed by atoms with Gasteiger partial charge in [-0.15, -0.1) is 10.2 Å². The Bertz CT molecular complexity index is 1010. The number of rotatable bonds is 3. The van der Waals surface area contributed by atoms with Gasteiger partial charge in [0, 0.05) is 30.8 Å². The Morgan fingerprint density at radius 1 is 1.16 bits per heavy atom. The number of ether oxygens (including phenoxy) is 1. The molecule has 2 aliphatic rings. The van der Waals surface area contributed by atoms with Gasteiger partial charge in [0.05, 0.1) is 5.69 Å². The van der Waals surface area contributed by atoms with Crippen molar-refractivity contribution in [2.45, 2.75) is 45.8 Å². The van der Waals surface area contributed by atoms with E-state index in [-0.39, 0.29) is 23.4 Å². The van der Waals surface area contributed by atoms with E-state index < -0.39 is 23.1 Å². The number of nitrogens with zero attached hydrogens (tertiary/aromatic N) is 3. The third-order valence-electron chi connectivity index (χ3n) is 6.28. The van der Waals surface area contributed by atoms with E-state index in [1.807, 2.05) is 20.8 Å². The predicted molar refractivity (Wildman–Crippen MR) is 113 cm³/mol. The quantitative estimate of drug-likeness (QED) is 0.679. The molecule has 1 aliphatic carbocycles. The molecule has 0 radical (unpaired) electrons. The summed E-state index contributed by atoms with van der Waals surface area (Å²) in [5, 5.41) is 11.4. The van der Waals surface area contributed by atoms with Crippen LogP contribution in [0.1, 0.15) is 34.1 Å². The Balaban J connectivity index is 1.39. The highest BCUT2D eigenvalue weighted by Gasteiger charge is 2.47. The molecule has 1 saturated heterocycles. The van der Waals surface area contributed by atoms with Crippen LogP contribution in [0.2, 0.25) is 0 Å². The lowest BCUT2D eigenvalue weighted by Crippen LogP contribution is -2.37. The molecule has 2 heterocycles. The van der Waals surface area contributed by atoms with Gasteiger partial charge in [0.2, 0.25) is 0 Å². The van der Waals surface area contributed by atoms with Gasteiger partial charge in [0.15, 0.2) is 11.6 Å². The van der Waals surface area contributed by atoms with Crippen molar-refractivity contribution in [2.24, 2.45) is 17.8 Å². The predicted octanol–water partition coefficient (Wildman–Crippen LogP) is 4.86. The van der Waals surface area contributed by atoms with E-state index in [1.165, 1.54) is 6.07 Å². The van der Waals surface area contributed by atoms with Crippen LogP contribution in [0.4, 0.5) is 23.8 Å². The number of carbonyl (C=O) groups excluding carboxylic acids is 1. The highest BCUT2D eigenvalue weighted by Crippen LogP contribution is 2.43. The lowest BCUT2D eigenvalue weighted by atomic mass is 9.93. The number of carbonyl (C=O) groups is 1. The van der Waals surface area contributed by atoms with Crippen LogP contribution in [0.25, 0.3) is 11.3 Å². The van der Waals surface area contributed by atoms with Crippen LogP contribution >= 0.6 is 0 Å². The van der Waals surface area contributed by atoms with Gasteiger partial charge in [-0.1, -0.05) is 6.92 Å². The van der Waals surface area contributed by atoms with E-state index in [2.05, 4.69) is 22.4 Å². The zero-order chi connectivity index (χ0) is 23.2. The van der Waals surface area contributed by atoms with Crippen molar-refractivity contribution < 1.29 is 22.7 Å². The van der Waals surface area contributed by atoms with Crippen LogP contribution in [0.15, 0.2) is 24.3 Å². The van der Waals surface area contributed by atoms with Crippen molar-refractivity contribution in [3.63, 3.8) is 0 Å². The molecule has 6 nitrogen and oxygen atoms in total. The van der Waals surface area contributed by atoms with E-state index in [0.29, 0.717) is 42.7 Å². The largest absolute Gasteiger partial charge is 0.444 e. The summed E-state index contributed by atoms with van der Waals surface area (Å²) in [6.45, 7) is 9.04. The number of hydrogen-bond acceptors (Lipinski definition) is 5. The minimum atomic E-state index is -1.27. The second-order valence-electron chi connectivity index (χ2n) is 9.71. The molecule has 4 atom stereocenters. The number of halogens is 3. The summed E-state index contributed by atoms with van der Waals surface area (Å²) < 4.78 is 46.4. The van der Waals surface area contributed by atoms with Gasteiger partial charge in [0.1, 0.15) is 17.2 Å². The summed E-state index contributed by atoms with van der Waals surface area (Å²) in [6.07, 6.45) is 0.601. The highest BCUT2D eigenvalue weighted by molar-refractivity contribution is 5.68. The van der Waals surface area contributed by atoms with Crippen molar-refractivity contribution in [1.29, 1.82) is 0 Å². The number of amides is 1. The number of anilines is 1. The van der Waals surface area contributed by atoms with Crippen LogP contribution in [0.5, 0.6) is 0 Å². The molecule has 0 bridgehead atoms. The molecular formula is C23H27F3N4O2. The number of benzene rings is 1. The second-order valence-corrected chi connectivity index (χ2v) is 9.71. The Labute approximate surface area is 185 Å². The maximum absolute atomic E-state index is 14.0. The third kappa shape index (κ3) is 4.52. The molecule has 0 spiro atoms. The molecule has 2 fully saturated rings. The van der Waals surface area contributed by atoms with E-state index >= 15 is 0 Å². The van der Waals surface area contributed by atoms with E-state index in [9.17, 15) is 18.0 Å². The Kier molecular flexibility index (Phi) is 5.77. The summed E-state index contributed by atoms with van der Waals surface area (Å²) >= 11 is 0. The molecule has 172 valence electrons. The smallest absolute Gasteiger partial charge is 0.410 e. The monoisotopic (exact) mass is 448 g/mol. The highest BCUT2D eigenvalue weighted by atomic mass is 19.2. The molecular weight excluding hydrogens is 421 g/mol. The number of fused-ring (bicyclic) bond motifs is 1. The Morgan fingerprint density at radius 2 is 1.91 bits per heavy atom. The molecule has 4 rings (SSSR count). The average molecular weight is 448 g/mol. The average Bonchev–Trinajstić information content (AvgIpc) is 3.24. The van der Waals surface area contributed by atoms with E-state index in [1.54, 1.807) is 11.0 Å². The molecule has 9 heteroatoms. The first kappa shape index (κ1) is 22.4. The molecule has 0 unspecified atom stereocenters. The SMILES string of the molecule is C[C@@H]1[C@H]2CN(C(=O)OC(C)(C)C)C[C@H]2C[C@@H]1Nc1ccc(-c2cc(F)cc(F)c2F)nn1. The van der Waals surface area contributed by atoms with Gasteiger partial charge >= 0.3 is 6.09 Å². The Morgan fingerprint density at radius 3 is 2.53 bits per heavy atom. The van der Waals surface area contributed by atoms with Gasteiger partial charge in [-0.05, 0) is 63.1 Å². The van der Waals surface area contributed by atoms with E-state index in [4.69, 9.17) is 4.74 Å². The minimum absolute atomic E-state index is 0.0517. The van der Waals surface area contributed by atoms with Gasteiger partial charge in [-0.25, -0.2) is 18.0 Å².